The van der Waals surface area contributed by atoms with E-state index in [2.05, 4.69) is 32.8 Å². The number of ether oxygens (including phenoxy) is 1. The second-order valence-corrected chi connectivity index (χ2v) is 4.34. The summed E-state index contributed by atoms with van der Waals surface area (Å²) in [6, 6.07) is 1.37. The highest BCUT2D eigenvalue weighted by Crippen LogP contribution is 2.15. The largest absolute Gasteiger partial charge is 0.375 e. The molecule has 0 aliphatic carbocycles. The van der Waals surface area contributed by atoms with Crippen LogP contribution in [0, 0.1) is 5.82 Å². The molecule has 0 amide bonds. The van der Waals surface area contributed by atoms with E-state index in [9.17, 15) is 4.39 Å². The maximum atomic E-state index is 13.3. The van der Waals surface area contributed by atoms with Crippen molar-refractivity contribution in [2.75, 3.05) is 25.1 Å². The number of rotatable bonds is 6. The van der Waals surface area contributed by atoms with E-state index in [1.165, 1.54) is 6.07 Å². The van der Waals surface area contributed by atoms with Crippen molar-refractivity contribution in [3.63, 3.8) is 0 Å². The third-order valence-electron chi connectivity index (χ3n) is 1.70. The molecule has 0 unspecified atom stereocenters. The first-order valence-electron chi connectivity index (χ1n) is 4.86. The molecule has 0 fully saturated rings. The summed E-state index contributed by atoms with van der Waals surface area (Å²) in [5, 5.41) is 2.85. The summed E-state index contributed by atoms with van der Waals surface area (Å²) in [5.41, 5.74) is 0.966. The quantitative estimate of drug-likeness (QED) is 0.645. The van der Waals surface area contributed by atoms with E-state index in [4.69, 9.17) is 4.74 Å². The number of hydrogen-bond acceptors (Lipinski definition) is 3. The van der Waals surface area contributed by atoms with Gasteiger partial charge in [0.1, 0.15) is 0 Å². The van der Waals surface area contributed by atoms with Crippen molar-refractivity contribution in [2.24, 2.45) is 0 Å². The van der Waals surface area contributed by atoms with E-state index in [1.54, 1.807) is 6.20 Å². The van der Waals surface area contributed by atoms with Gasteiger partial charge in [0.2, 0.25) is 0 Å². The van der Waals surface area contributed by atoms with Crippen LogP contribution < -0.4 is 5.32 Å². The van der Waals surface area contributed by atoms with Gasteiger partial charge >= 0.3 is 0 Å². The minimum atomic E-state index is -0.380. The lowest BCUT2D eigenvalue weighted by Gasteiger charge is -2.07. The molecule has 0 saturated heterocycles. The first-order chi connectivity index (χ1) is 7.59. The molecule has 0 atom stereocenters. The van der Waals surface area contributed by atoms with Gasteiger partial charge in [0.15, 0.2) is 11.6 Å². The summed E-state index contributed by atoms with van der Waals surface area (Å²) < 4.78 is 19.2. The van der Waals surface area contributed by atoms with Gasteiger partial charge in [0.25, 0.3) is 0 Å². The molecule has 1 N–H and O–H groups in total. The van der Waals surface area contributed by atoms with Gasteiger partial charge in [0.05, 0.1) is 13.2 Å². The molecule has 0 spiro atoms. The SMILES string of the molecule is C=C(C)COCCNc1ncc(Br)cc1F. The van der Waals surface area contributed by atoms with Crippen LogP contribution in [0.2, 0.25) is 0 Å². The fourth-order valence-corrected chi connectivity index (χ4v) is 1.34. The van der Waals surface area contributed by atoms with Crippen LogP contribution in [0.5, 0.6) is 0 Å². The molecule has 0 aliphatic heterocycles. The molecule has 16 heavy (non-hydrogen) atoms. The van der Waals surface area contributed by atoms with E-state index in [0.717, 1.165) is 5.57 Å². The molecule has 0 bridgehead atoms. The van der Waals surface area contributed by atoms with Gasteiger partial charge in [-0.2, -0.15) is 0 Å². The van der Waals surface area contributed by atoms with Crippen LogP contribution >= 0.6 is 15.9 Å². The van der Waals surface area contributed by atoms with Crippen LogP contribution in [0.3, 0.4) is 0 Å². The van der Waals surface area contributed by atoms with E-state index in [0.29, 0.717) is 24.2 Å². The molecule has 1 aromatic heterocycles. The summed E-state index contributed by atoms with van der Waals surface area (Å²) in [7, 11) is 0. The van der Waals surface area contributed by atoms with Crippen LogP contribution in [0.4, 0.5) is 10.2 Å². The van der Waals surface area contributed by atoms with Gasteiger partial charge in [0, 0.05) is 17.2 Å². The van der Waals surface area contributed by atoms with Crippen LogP contribution in [0.15, 0.2) is 28.9 Å². The Kier molecular flexibility index (Phi) is 5.42. The second kappa shape index (κ2) is 6.60. The molecule has 0 aromatic carbocycles. The molecule has 0 radical (unpaired) electrons. The number of hydrogen-bond donors (Lipinski definition) is 1. The maximum Gasteiger partial charge on any atom is 0.166 e. The summed E-state index contributed by atoms with van der Waals surface area (Å²) in [4.78, 5) is 3.90. The average Bonchev–Trinajstić information content (AvgIpc) is 2.20. The van der Waals surface area contributed by atoms with Crippen molar-refractivity contribution in [1.82, 2.24) is 4.98 Å². The third-order valence-corrected chi connectivity index (χ3v) is 2.13. The Bertz CT molecular complexity index is 371. The fourth-order valence-electron chi connectivity index (χ4n) is 1.03. The number of nitrogens with zero attached hydrogens (tertiary/aromatic N) is 1. The monoisotopic (exact) mass is 288 g/mol. The normalized spacial score (nSPS) is 10.2. The molecule has 88 valence electrons. The Hall–Kier alpha value is -0.940. The Morgan fingerprint density at radius 2 is 2.44 bits per heavy atom. The molecule has 1 heterocycles. The topological polar surface area (TPSA) is 34.1 Å². The van der Waals surface area contributed by atoms with Crippen LogP contribution in [-0.2, 0) is 4.74 Å². The van der Waals surface area contributed by atoms with E-state index >= 15 is 0 Å². The highest BCUT2D eigenvalue weighted by atomic mass is 79.9. The van der Waals surface area contributed by atoms with Gasteiger partial charge in [-0.3, -0.25) is 0 Å². The summed E-state index contributed by atoms with van der Waals surface area (Å²) in [6.07, 6.45) is 1.54. The van der Waals surface area contributed by atoms with Crippen molar-refractivity contribution in [3.05, 3.63) is 34.7 Å². The van der Waals surface area contributed by atoms with Crippen LogP contribution in [-0.4, -0.2) is 24.7 Å². The van der Waals surface area contributed by atoms with Crippen molar-refractivity contribution in [2.45, 2.75) is 6.92 Å². The first kappa shape index (κ1) is 13.1. The highest BCUT2D eigenvalue weighted by molar-refractivity contribution is 9.10. The summed E-state index contributed by atoms with van der Waals surface area (Å²) in [5.74, 6) is -0.142. The van der Waals surface area contributed by atoms with Gasteiger partial charge < -0.3 is 10.1 Å². The predicted molar refractivity (Wildman–Crippen MR) is 66.0 cm³/mol. The Morgan fingerprint density at radius 1 is 1.69 bits per heavy atom. The molecular formula is C11H14BrFN2O. The van der Waals surface area contributed by atoms with Gasteiger partial charge in [-0.1, -0.05) is 12.2 Å². The summed E-state index contributed by atoms with van der Waals surface area (Å²) >= 11 is 3.14. The van der Waals surface area contributed by atoms with Crippen molar-refractivity contribution < 1.29 is 9.13 Å². The standard InChI is InChI=1S/C11H14BrFN2O/c1-8(2)7-16-4-3-14-11-10(13)5-9(12)6-15-11/h5-6H,1,3-4,7H2,2H3,(H,14,15). The van der Waals surface area contributed by atoms with Crippen LogP contribution in [0.25, 0.3) is 0 Å². The zero-order valence-electron chi connectivity index (χ0n) is 9.09. The third kappa shape index (κ3) is 4.72. The maximum absolute atomic E-state index is 13.3. The molecule has 1 aromatic rings. The van der Waals surface area contributed by atoms with Gasteiger partial charge in [-0.25, -0.2) is 9.37 Å². The van der Waals surface area contributed by atoms with E-state index in [1.807, 2.05) is 6.92 Å². The Labute approximate surface area is 103 Å². The van der Waals surface area contributed by atoms with Crippen LogP contribution in [0.1, 0.15) is 6.92 Å². The van der Waals surface area contributed by atoms with Crippen molar-refractivity contribution >= 4 is 21.7 Å². The zero-order valence-corrected chi connectivity index (χ0v) is 10.7. The number of nitrogens with one attached hydrogen (secondary N) is 1. The molecule has 3 nitrogen and oxygen atoms in total. The zero-order chi connectivity index (χ0) is 12.0. The number of aromatic nitrogens is 1. The molecule has 5 heteroatoms. The number of anilines is 1. The molecule has 1 rings (SSSR count). The van der Waals surface area contributed by atoms with Crippen molar-refractivity contribution in [1.29, 1.82) is 0 Å². The Morgan fingerprint density at radius 3 is 3.06 bits per heavy atom. The number of pyridine rings is 1. The lowest BCUT2D eigenvalue weighted by Crippen LogP contribution is -2.12. The van der Waals surface area contributed by atoms with E-state index in [-0.39, 0.29) is 11.6 Å². The molecule has 0 aliphatic rings. The Balaban J connectivity index is 2.29. The molecule has 0 saturated carbocycles. The number of halogens is 2. The fraction of sp³-hybridized carbons (Fsp3) is 0.364. The lowest BCUT2D eigenvalue weighted by molar-refractivity contribution is 0.167. The van der Waals surface area contributed by atoms with Gasteiger partial charge in [-0.15, -0.1) is 0 Å². The lowest BCUT2D eigenvalue weighted by atomic mass is 10.4. The predicted octanol–water partition coefficient (Wildman–Crippen LogP) is 2.99. The van der Waals surface area contributed by atoms with Crippen molar-refractivity contribution in [3.8, 4) is 0 Å². The minimum Gasteiger partial charge on any atom is -0.375 e. The first-order valence-corrected chi connectivity index (χ1v) is 5.66. The summed E-state index contributed by atoms with van der Waals surface area (Å²) in [6.45, 7) is 7.13. The minimum absolute atomic E-state index is 0.238. The second-order valence-electron chi connectivity index (χ2n) is 3.42. The van der Waals surface area contributed by atoms with Gasteiger partial charge in [-0.05, 0) is 28.9 Å². The average molecular weight is 289 g/mol. The smallest absolute Gasteiger partial charge is 0.166 e. The van der Waals surface area contributed by atoms with E-state index < -0.39 is 0 Å². The molecular weight excluding hydrogens is 275 g/mol. The highest BCUT2D eigenvalue weighted by Gasteiger charge is 2.02.